The maximum absolute atomic E-state index is 12.1. The molecule has 0 aliphatic heterocycles. The van der Waals surface area contributed by atoms with Gasteiger partial charge in [-0.3, -0.25) is 0 Å². The Hall–Kier alpha value is -3.42. The van der Waals surface area contributed by atoms with Gasteiger partial charge in [0.25, 0.3) is 0 Å². The fraction of sp³-hybridized carbons (Fsp3) is 0.176. The molecule has 0 unspecified atom stereocenters. The fourth-order valence-corrected chi connectivity index (χ4v) is 1.96. The minimum atomic E-state index is -1.03. The molecule has 0 saturated heterocycles. The van der Waals surface area contributed by atoms with Crippen LogP contribution in [0, 0.1) is 6.92 Å². The lowest BCUT2D eigenvalue weighted by Crippen LogP contribution is -2.10. The van der Waals surface area contributed by atoms with Gasteiger partial charge in [-0.25, -0.2) is 9.59 Å². The summed E-state index contributed by atoms with van der Waals surface area (Å²) in [7, 11) is 0. The number of hydrogen-bond acceptors (Lipinski definition) is 8. The van der Waals surface area contributed by atoms with Crippen molar-refractivity contribution in [1.29, 1.82) is 0 Å². The van der Waals surface area contributed by atoms with E-state index in [0.29, 0.717) is 0 Å². The van der Waals surface area contributed by atoms with Crippen LogP contribution in [0.2, 0.25) is 0 Å². The number of ether oxygens (including phenoxy) is 2. The summed E-state index contributed by atoms with van der Waals surface area (Å²) < 4.78 is 9.73. The van der Waals surface area contributed by atoms with Gasteiger partial charge < -0.3 is 29.9 Å². The average Bonchev–Trinajstić information content (AvgIpc) is 2.56. The van der Waals surface area contributed by atoms with E-state index in [1.807, 2.05) is 0 Å². The lowest BCUT2D eigenvalue weighted by Gasteiger charge is -2.11. The molecule has 0 aliphatic rings. The lowest BCUT2D eigenvalue weighted by atomic mass is 10.1. The van der Waals surface area contributed by atoms with E-state index < -0.39 is 29.2 Å². The Balaban J connectivity index is 2.36. The van der Waals surface area contributed by atoms with Crippen molar-refractivity contribution >= 4 is 11.9 Å². The number of hydrogen-bond donors (Lipinski definition) is 4. The molecule has 0 spiro atoms. The molecular weight excluding hydrogens is 332 g/mol. The summed E-state index contributed by atoms with van der Waals surface area (Å²) in [5.41, 5.74) is -0.142. The molecule has 0 aromatic heterocycles. The number of carbonyl (C=O) groups is 2. The summed E-state index contributed by atoms with van der Waals surface area (Å²) in [5.74, 6) is -4.35. The van der Waals surface area contributed by atoms with Crippen molar-refractivity contribution < 1.29 is 39.5 Å². The number of aromatic hydroxyl groups is 4. The predicted octanol–water partition coefficient (Wildman–Crippen LogP) is 2.21. The van der Waals surface area contributed by atoms with Gasteiger partial charge in [0.15, 0.2) is 11.5 Å². The molecule has 0 radical (unpaired) electrons. The van der Waals surface area contributed by atoms with Gasteiger partial charge >= 0.3 is 11.9 Å². The molecule has 2 aromatic carbocycles. The van der Waals surface area contributed by atoms with Gasteiger partial charge in [-0.05, 0) is 38.1 Å². The van der Waals surface area contributed by atoms with Crippen molar-refractivity contribution in [2.24, 2.45) is 0 Å². The van der Waals surface area contributed by atoms with Crippen molar-refractivity contribution in [1.82, 2.24) is 0 Å². The summed E-state index contributed by atoms with van der Waals surface area (Å²) in [4.78, 5) is 23.9. The highest BCUT2D eigenvalue weighted by atomic mass is 16.5. The number of esters is 2. The van der Waals surface area contributed by atoms with Crippen LogP contribution in [0.15, 0.2) is 24.3 Å². The molecule has 4 N–H and O–H groups in total. The minimum Gasteiger partial charge on any atom is -0.508 e. The molecule has 0 amide bonds. The predicted molar refractivity (Wildman–Crippen MR) is 85.2 cm³/mol. The van der Waals surface area contributed by atoms with Crippen LogP contribution >= 0.6 is 0 Å². The number of phenols is 4. The SMILES string of the molecule is CCOC(=O)c1cc(O)c(O)c(OC(=O)c2cc(O)c(C)c(O)c2)c1. The molecule has 0 fully saturated rings. The van der Waals surface area contributed by atoms with Gasteiger partial charge in [0.05, 0.1) is 17.7 Å². The number of carbonyl (C=O) groups excluding carboxylic acids is 2. The molecule has 0 atom stereocenters. The van der Waals surface area contributed by atoms with E-state index in [-0.39, 0.29) is 34.8 Å². The van der Waals surface area contributed by atoms with Gasteiger partial charge in [-0.1, -0.05) is 0 Å². The van der Waals surface area contributed by atoms with Crippen molar-refractivity contribution in [2.45, 2.75) is 13.8 Å². The van der Waals surface area contributed by atoms with Crippen molar-refractivity contribution in [3.63, 3.8) is 0 Å². The van der Waals surface area contributed by atoms with Crippen molar-refractivity contribution in [2.75, 3.05) is 6.61 Å². The van der Waals surface area contributed by atoms with Crippen LogP contribution in [0.25, 0.3) is 0 Å². The van der Waals surface area contributed by atoms with E-state index in [9.17, 15) is 30.0 Å². The third kappa shape index (κ3) is 3.74. The van der Waals surface area contributed by atoms with E-state index in [4.69, 9.17) is 9.47 Å². The van der Waals surface area contributed by atoms with Crippen LogP contribution in [0.5, 0.6) is 28.7 Å². The Morgan fingerprint density at radius 3 is 1.96 bits per heavy atom. The monoisotopic (exact) mass is 348 g/mol. The number of rotatable bonds is 4. The molecule has 0 aliphatic carbocycles. The Bertz CT molecular complexity index is 818. The van der Waals surface area contributed by atoms with Crippen LogP contribution in [-0.2, 0) is 4.74 Å². The Kier molecular flexibility index (Phi) is 5.02. The van der Waals surface area contributed by atoms with E-state index in [2.05, 4.69) is 0 Å². The highest BCUT2D eigenvalue weighted by Crippen LogP contribution is 2.37. The van der Waals surface area contributed by atoms with Crippen LogP contribution in [-0.4, -0.2) is 39.0 Å². The molecule has 25 heavy (non-hydrogen) atoms. The molecule has 2 rings (SSSR count). The zero-order valence-electron chi connectivity index (χ0n) is 13.4. The maximum atomic E-state index is 12.1. The Morgan fingerprint density at radius 2 is 1.40 bits per heavy atom. The maximum Gasteiger partial charge on any atom is 0.343 e. The first-order valence-electron chi connectivity index (χ1n) is 7.22. The molecule has 8 heteroatoms. The Morgan fingerprint density at radius 1 is 0.880 bits per heavy atom. The smallest absolute Gasteiger partial charge is 0.343 e. The van der Waals surface area contributed by atoms with Crippen LogP contribution in [0.3, 0.4) is 0 Å². The first-order valence-corrected chi connectivity index (χ1v) is 7.22. The third-order valence-corrected chi connectivity index (χ3v) is 3.36. The normalized spacial score (nSPS) is 10.3. The van der Waals surface area contributed by atoms with E-state index >= 15 is 0 Å². The summed E-state index contributed by atoms with van der Waals surface area (Å²) in [6.07, 6.45) is 0. The second-order valence-electron chi connectivity index (χ2n) is 5.09. The first kappa shape index (κ1) is 17.9. The summed E-state index contributed by atoms with van der Waals surface area (Å²) in [6.45, 7) is 3.14. The quantitative estimate of drug-likeness (QED) is 0.375. The molecule has 2 aromatic rings. The molecule has 132 valence electrons. The molecule has 0 saturated carbocycles. The summed E-state index contributed by atoms with van der Waals surface area (Å²) >= 11 is 0. The second-order valence-corrected chi connectivity index (χ2v) is 5.09. The molecule has 0 heterocycles. The zero-order chi connectivity index (χ0) is 18.7. The summed E-state index contributed by atoms with van der Waals surface area (Å²) in [6, 6.07) is 4.14. The molecule has 8 nitrogen and oxygen atoms in total. The van der Waals surface area contributed by atoms with Crippen LogP contribution in [0.4, 0.5) is 0 Å². The van der Waals surface area contributed by atoms with E-state index in [1.165, 1.54) is 6.92 Å². The van der Waals surface area contributed by atoms with Crippen molar-refractivity contribution in [3.05, 3.63) is 41.0 Å². The van der Waals surface area contributed by atoms with Gasteiger partial charge in [-0.2, -0.15) is 0 Å². The van der Waals surface area contributed by atoms with E-state index in [1.54, 1.807) is 6.92 Å². The van der Waals surface area contributed by atoms with Gasteiger partial charge in [0.2, 0.25) is 5.75 Å². The molecular formula is C17H16O8. The Labute approximate surface area is 142 Å². The standard InChI is InChI=1S/C17H16O8/c1-3-24-16(22)10-6-13(20)15(21)14(7-10)25-17(23)9-4-11(18)8(2)12(19)5-9/h4-7,18-21H,3H2,1-2H3. The van der Waals surface area contributed by atoms with Gasteiger partial charge in [0.1, 0.15) is 11.5 Å². The third-order valence-electron chi connectivity index (χ3n) is 3.36. The lowest BCUT2D eigenvalue weighted by molar-refractivity contribution is 0.0523. The van der Waals surface area contributed by atoms with Crippen LogP contribution in [0.1, 0.15) is 33.2 Å². The van der Waals surface area contributed by atoms with Crippen LogP contribution < -0.4 is 4.74 Å². The topological polar surface area (TPSA) is 134 Å². The highest BCUT2D eigenvalue weighted by Gasteiger charge is 2.20. The fourth-order valence-electron chi connectivity index (χ4n) is 1.96. The zero-order valence-corrected chi connectivity index (χ0v) is 13.4. The van der Waals surface area contributed by atoms with E-state index in [0.717, 1.165) is 24.3 Å². The molecule has 0 bridgehead atoms. The minimum absolute atomic E-state index is 0.0948. The average molecular weight is 348 g/mol. The van der Waals surface area contributed by atoms with Gasteiger partial charge in [0, 0.05) is 5.56 Å². The van der Waals surface area contributed by atoms with Gasteiger partial charge in [-0.15, -0.1) is 0 Å². The van der Waals surface area contributed by atoms with Crippen molar-refractivity contribution in [3.8, 4) is 28.7 Å². The highest BCUT2D eigenvalue weighted by molar-refractivity contribution is 5.94. The second kappa shape index (κ2) is 7.00. The largest absolute Gasteiger partial charge is 0.508 e. The summed E-state index contributed by atoms with van der Waals surface area (Å²) in [5, 5.41) is 38.8. The first-order chi connectivity index (χ1) is 11.7. The number of phenolic OH excluding ortho intramolecular Hbond substituents is 4. The number of benzene rings is 2.